The van der Waals surface area contributed by atoms with Gasteiger partial charge in [-0.3, -0.25) is 9.48 Å². The van der Waals surface area contributed by atoms with Crippen LogP contribution in [-0.4, -0.2) is 33.4 Å². The predicted molar refractivity (Wildman–Crippen MR) is 84.7 cm³/mol. The lowest BCUT2D eigenvalue weighted by molar-refractivity contribution is -0.116. The molecule has 1 aromatic carbocycles. The van der Waals surface area contributed by atoms with Crippen molar-refractivity contribution in [2.75, 3.05) is 11.9 Å². The van der Waals surface area contributed by atoms with Gasteiger partial charge in [0.1, 0.15) is 30.3 Å². The molecule has 3 rings (SSSR count). The number of carbonyl (C=O) groups is 1. The van der Waals surface area contributed by atoms with E-state index in [9.17, 15) is 4.79 Å². The molecular formula is C16H20N4O3. The van der Waals surface area contributed by atoms with Gasteiger partial charge in [-0.25, -0.2) is 4.98 Å². The summed E-state index contributed by atoms with van der Waals surface area (Å²) < 4.78 is 13.0. The number of rotatable bonds is 6. The molecule has 1 aliphatic heterocycles. The molecule has 0 saturated heterocycles. The Morgan fingerprint density at radius 3 is 3.13 bits per heavy atom. The Morgan fingerprint density at radius 2 is 2.39 bits per heavy atom. The molecule has 23 heavy (non-hydrogen) atoms. The lowest BCUT2D eigenvalue weighted by Crippen LogP contribution is -2.15. The molecule has 2 heterocycles. The number of aromatic nitrogens is 3. The van der Waals surface area contributed by atoms with E-state index in [0.29, 0.717) is 31.0 Å². The molecule has 0 saturated carbocycles. The van der Waals surface area contributed by atoms with E-state index in [4.69, 9.17) is 9.47 Å². The molecule has 7 nitrogen and oxygen atoms in total. The van der Waals surface area contributed by atoms with E-state index < -0.39 is 0 Å². The van der Waals surface area contributed by atoms with Gasteiger partial charge in [0.25, 0.3) is 0 Å². The van der Waals surface area contributed by atoms with Crippen LogP contribution in [0.2, 0.25) is 0 Å². The van der Waals surface area contributed by atoms with E-state index in [1.807, 2.05) is 26.0 Å². The van der Waals surface area contributed by atoms with Crippen molar-refractivity contribution in [1.29, 1.82) is 0 Å². The Kier molecular flexibility index (Phi) is 4.45. The van der Waals surface area contributed by atoms with Crippen molar-refractivity contribution in [2.24, 2.45) is 0 Å². The first-order chi connectivity index (χ1) is 11.2. The summed E-state index contributed by atoms with van der Waals surface area (Å²) in [6, 6.07) is 3.80. The highest BCUT2D eigenvalue weighted by molar-refractivity contribution is 5.92. The van der Waals surface area contributed by atoms with Crippen molar-refractivity contribution in [1.82, 2.24) is 14.8 Å². The van der Waals surface area contributed by atoms with E-state index in [1.54, 1.807) is 11.0 Å². The number of fused-ring (bicyclic) bond motifs is 1. The second-order valence-electron chi connectivity index (χ2n) is 5.48. The van der Waals surface area contributed by atoms with Gasteiger partial charge in [-0.1, -0.05) is 0 Å². The highest BCUT2D eigenvalue weighted by Crippen LogP contribution is 2.38. The highest BCUT2D eigenvalue weighted by atomic mass is 16.5. The van der Waals surface area contributed by atoms with Crippen molar-refractivity contribution < 1.29 is 14.3 Å². The minimum absolute atomic E-state index is 0.104. The molecule has 1 amide bonds. The smallest absolute Gasteiger partial charge is 0.226 e. The summed E-state index contributed by atoms with van der Waals surface area (Å²) in [4.78, 5) is 16.0. The molecule has 2 aromatic rings. The molecule has 1 aliphatic rings. The standard InChI is InChI=1S/C16H20N4O3/c1-3-22-15-7-12-6-11(2)23-14(12)8-13(15)19-16(21)4-5-20-10-17-9-18-20/h7-11H,3-6H2,1-2H3,(H,19,21). The molecule has 1 unspecified atom stereocenters. The average Bonchev–Trinajstić information content (AvgIpc) is 3.14. The third-order valence-electron chi connectivity index (χ3n) is 3.61. The van der Waals surface area contributed by atoms with Crippen molar-refractivity contribution in [3.63, 3.8) is 0 Å². The van der Waals surface area contributed by atoms with E-state index in [0.717, 1.165) is 17.7 Å². The summed E-state index contributed by atoms with van der Waals surface area (Å²) in [7, 11) is 0. The topological polar surface area (TPSA) is 78.3 Å². The lowest BCUT2D eigenvalue weighted by atomic mass is 10.1. The highest BCUT2D eigenvalue weighted by Gasteiger charge is 2.22. The Hall–Kier alpha value is -2.57. The van der Waals surface area contributed by atoms with Crippen LogP contribution in [0.4, 0.5) is 5.69 Å². The minimum Gasteiger partial charge on any atom is -0.492 e. The summed E-state index contributed by atoms with van der Waals surface area (Å²) in [5.41, 5.74) is 1.75. The van der Waals surface area contributed by atoms with E-state index in [-0.39, 0.29) is 12.0 Å². The zero-order chi connectivity index (χ0) is 16.2. The quantitative estimate of drug-likeness (QED) is 0.882. The Balaban J connectivity index is 1.70. The van der Waals surface area contributed by atoms with Crippen LogP contribution < -0.4 is 14.8 Å². The van der Waals surface area contributed by atoms with Crippen molar-refractivity contribution >= 4 is 11.6 Å². The largest absolute Gasteiger partial charge is 0.492 e. The normalized spacial score (nSPS) is 15.8. The Morgan fingerprint density at radius 1 is 1.52 bits per heavy atom. The summed E-state index contributed by atoms with van der Waals surface area (Å²) in [5.74, 6) is 1.39. The molecule has 0 spiro atoms. The van der Waals surface area contributed by atoms with Crippen molar-refractivity contribution in [3.8, 4) is 11.5 Å². The number of amides is 1. The summed E-state index contributed by atoms with van der Waals surface area (Å²) in [6.45, 7) is 4.96. The number of carbonyl (C=O) groups excluding carboxylic acids is 1. The van der Waals surface area contributed by atoms with E-state index in [2.05, 4.69) is 15.4 Å². The SMILES string of the molecule is CCOc1cc2c(cc1NC(=O)CCn1cncn1)OC(C)C2. The van der Waals surface area contributed by atoms with E-state index in [1.165, 1.54) is 6.33 Å². The maximum absolute atomic E-state index is 12.2. The van der Waals surface area contributed by atoms with Crippen LogP contribution >= 0.6 is 0 Å². The fraction of sp³-hybridized carbons (Fsp3) is 0.438. The fourth-order valence-corrected chi connectivity index (χ4v) is 2.59. The monoisotopic (exact) mass is 316 g/mol. The van der Waals surface area contributed by atoms with Crippen LogP contribution in [0.1, 0.15) is 25.8 Å². The number of ether oxygens (including phenoxy) is 2. The summed E-state index contributed by atoms with van der Waals surface area (Å²) in [5, 5.41) is 6.88. The second kappa shape index (κ2) is 6.68. The third-order valence-corrected chi connectivity index (χ3v) is 3.61. The average molecular weight is 316 g/mol. The van der Waals surface area contributed by atoms with Gasteiger partial charge in [0.15, 0.2) is 0 Å². The van der Waals surface area contributed by atoms with Gasteiger partial charge in [-0.05, 0) is 19.9 Å². The van der Waals surface area contributed by atoms with E-state index >= 15 is 0 Å². The zero-order valence-corrected chi connectivity index (χ0v) is 13.3. The van der Waals surface area contributed by atoms with Gasteiger partial charge in [-0.15, -0.1) is 0 Å². The Labute approximate surface area is 134 Å². The van der Waals surface area contributed by atoms with Crippen molar-refractivity contribution in [3.05, 3.63) is 30.4 Å². The number of aryl methyl sites for hydroxylation is 1. The van der Waals surface area contributed by atoms with Gasteiger partial charge in [0.2, 0.25) is 5.91 Å². The first-order valence-corrected chi connectivity index (χ1v) is 7.74. The molecule has 0 radical (unpaired) electrons. The number of hydrogen-bond donors (Lipinski definition) is 1. The Bertz CT molecular complexity index is 685. The van der Waals surface area contributed by atoms with Crippen LogP contribution in [0.5, 0.6) is 11.5 Å². The number of nitrogens with one attached hydrogen (secondary N) is 1. The fourth-order valence-electron chi connectivity index (χ4n) is 2.59. The molecule has 7 heteroatoms. The molecule has 122 valence electrons. The number of hydrogen-bond acceptors (Lipinski definition) is 5. The maximum Gasteiger partial charge on any atom is 0.226 e. The first-order valence-electron chi connectivity index (χ1n) is 7.74. The number of nitrogens with zero attached hydrogens (tertiary/aromatic N) is 3. The van der Waals surface area contributed by atoms with Crippen LogP contribution in [-0.2, 0) is 17.8 Å². The van der Waals surface area contributed by atoms with Gasteiger partial charge in [0.05, 0.1) is 18.8 Å². The minimum atomic E-state index is -0.104. The maximum atomic E-state index is 12.2. The lowest BCUT2D eigenvalue weighted by Gasteiger charge is -2.13. The van der Waals surface area contributed by atoms with Gasteiger partial charge in [-0.2, -0.15) is 5.10 Å². The van der Waals surface area contributed by atoms with Crippen LogP contribution in [0.3, 0.4) is 0 Å². The molecule has 0 bridgehead atoms. The second-order valence-corrected chi connectivity index (χ2v) is 5.48. The molecular weight excluding hydrogens is 296 g/mol. The van der Waals surface area contributed by atoms with Crippen LogP contribution in [0.25, 0.3) is 0 Å². The predicted octanol–water partition coefficient (Wildman–Crippen LogP) is 2.03. The van der Waals surface area contributed by atoms with Gasteiger partial charge < -0.3 is 14.8 Å². The van der Waals surface area contributed by atoms with Crippen molar-refractivity contribution in [2.45, 2.75) is 39.3 Å². The van der Waals surface area contributed by atoms with Gasteiger partial charge in [0, 0.05) is 24.5 Å². The van der Waals surface area contributed by atoms with Crippen LogP contribution in [0.15, 0.2) is 24.8 Å². The molecule has 1 atom stereocenters. The molecule has 0 fully saturated rings. The van der Waals surface area contributed by atoms with Crippen LogP contribution in [0, 0.1) is 0 Å². The molecule has 1 N–H and O–H groups in total. The zero-order valence-electron chi connectivity index (χ0n) is 13.3. The van der Waals surface area contributed by atoms with Gasteiger partial charge >= 0.3 is 0 Å². The molecule has 0 aliphatic carbocycles. The number of benzene rings is 1. The summed E-state index contributed by atoms with van der Waals surface area (Å²) >= 11 is 0. The molecule has 1 aromatic heterocycles. The summed E-state index contributed by atoms with van der Waals surface area (Å²) in [6.07, 6.45) is 4.35. The first kappa shape index (κ1) is 15.3. The number of anilines is 1. The third kappa shape index (κ3) is 3.61.